The molecule has 1 aliphatic rings. The van der Waals surface area contributed by atoms with Crippen LogP contribution in [0.15, 0.2) is 24.3 Å². The van der Waals surface area contributed by atoms with Gasteiger partial charge in [-0.3, -0.25) is 4.79 Å². The SMILES string of the molecule is COC(=O)[C@@H]1CCC[C@@H]1NC(=O)Nc1ccccc1Cl. The van der Waals surface area contributed by atoms with Gasteiger partial charge in [-0.15, -0.1) is 0 Å². The van der Waals surface area contributed by atoms with E-state index in [9.17, 15) is 9.59 Å². The number of amides is 2. The maximum atomic E-state index is 11.9. The Kier molecular flexibility index (Phi) is 4.84. The molecule has 108 valence electrons. The molecule has 1 saturated carbocycles. The molecule has 5 nitrogen and oxygen atoms in total. The van der Waals surface area contributed by atoms with E-state index in [0.29, 0.717) is 10.7 Å². The summed E-state index contributed by atoms with van der Waals surface area (Å²) < 4.78 is 4.75. The zero-order valence-electron chi connectivity index (χ0n) is 11.2. The summed E-state index contributed by atoms with van der Waals surface area (Å²) in [6.45, 7) is 0. The van der Waals surface area contributed by atoms with E-state index in [-0.39, 0.29) is 24.0 Å². The highest BCUT2D eigenvalue weighted by atomic mass is 35.5. The third-order valence-electron chi connectivity index (χ3n) is 3.46. The molecule has 1 aromatic carbocycles. The maximum Gasteiger partial charge on any atom is 0.319 e. The maximum absolute atomic E-state index is 11.9. The summed E-state index contributed by atoms with van der Waals surface area (Å²) in [6.07, 6.45) is 2.41. The molecule has 6 heteroatoms. The van der Waals surface area contributed by atoms with Crippen molar-refractivity contribution in [1.82, 2.24) is 5.32 Å². The van der Waals surface area contributed by atoms with Gasteiger partial charge in [0.05, 0.1) is 23.7 Å². The number of urea groups is 1. The van der Waals surface area contributed by atoms with Gasteiger partial charge >= 0.3 is 12.0 Å². The lowest BCUT2D eigenvalue weighted by atomic mass is 10.0. The normalized spacial score (nSPS) is 21.3. The van der Waals surface area contributed by atoms with Crippen molar-refractivity contribution in [2.75, 3.05) is 12.4 Å². The van der Waals surface area contributed by atoms with Crippen molar-refractivity contribution in [2.45, 2.75) is 25.3 Å². The third-order valence-corrected chi connectivity index (χ3v) is 3.79. The second kappa shape index (κ2) is 6.61. The number of ether oxygens (including phenoxy) is 1. The molecular weight excluding hydrogens is 280 g/mol. The van der Waals surface area contributed by atoms with E-state index in [1.54, 1.807) is 24.3 Å². The van der Waals surface area contributed by atoms with Gasteiger partial charge in [0.25, 0.3) is 0 Å². The van der Waals surface area contributed by atoms with Crippen LogP contribution < -0.4 is 10.6 Å². The fraction of sp³-hybridized carbons (Fsp3) is 0.429. The Bertz CT molecular complexity index is 507. The van der Waals surface area contributed by atoms with Crippen LogP contribution in [-0.2, 0) is 9.53 Å². The lowest BCUT2D eigenvalue weighted by Gasteiger charge is -2.19. The monoisotopic (exact) mass is 296 g/mol. The molecule has 2 amide bonds. The summed E-state index contributed by atoms with van der Waals surface area (Å²) in [6, 6.07) is 6.44. The fourth-order valence-corrected chi connectivity index (χ4v) is 2.64. The molecule has 1 aromatic rings. The van der Waals surface area contributed by atoms with E-state index in [0.717, 1.165) is 19.3 Å². The zero-order valence-corrected chi connectivity index (χ0v) is 11.9. The summed E-state index contributed by atoms with van der Waals surface area (Å²) in [7, 11) is 1.36. The first-order valence-corrected chi connectivity index (χ1v) is 6.89. The van der Waals surface area contributed by atoms with Crippen LogP contribution in [-0.4, -0.2) is 25.2 Å². The lowest BCUT2D eigenvalue weighted by Crippen LogP contribution is -2.42. The molecule has 0 spiro atoms. The average Bonchev–Trinajstić information content (AvgIpc) is 2.88. The number of benzene rings is 1. The molecule has 2 atom stereocenters. The van der Waals surface area contributed by atoms with Gasteiger partial charge in [-0.2, -0.15) is 0 Å². The van der Waals surface area contributed by atoms with E-state index in [1.165, 1.54) is 7.11 Å². The number of carbonyl (C=O) groups is 2. The fourth-order valence-electron chi connectivity index (χ4n) is 2.46. The van der Waals surface area contributed by atoms with Crippen molar-refractivity contribution < 1.29 is 14.3 Å². The van der Waals surface area contributed by atoms with E-state index < -0.39 is 0 Å². The van der Waals surface area contributed by atoms with Crippen LogP contribution in [0.4, 0.5) is 10.5 Å². The van der Waals surface area contributed by atoms with Gasteiger partial charge in [-0.1, -0.05) is 30.2 Å². The molecule has 0 heterocycles. The molecule has 2 N–H and O–H groups in total. The summed E-state index contributed by atoms with van der Waals surface area (Å²) in [5, 5.41) is 5.96. The van der Waals surface area contributed by atoms with Crippen LogP contribution in [0.1, 0.15) is 19.3 Å². The molecule has 2 rings (SSSR count). The number of carbonyl (C=O) groups excluding carboxylic acids is 2. The Morgan fingerprint density at radius 1 is 1.30 bits per heavy atom. The number of hydrogen-bond donors (Lipinski definition) is 2. The zero-order chi connectivity index (χ0) is 14.5. The van der Waals surface area contributed by atoms with Gasteiger partial charge in [0.2, 0.25) is 0 Å². The minimum atomic E-state index is -0.362. The molecule has 20 heavy (non-hydrogen) atoms. The molecule has 0 aromatic heterocycles. The molecule has 0 saturated heterocycles. The highest BCUT2D eigenvalue weighted by Crippen LogP contribution is 2.27. The summed E-state index contributed by atoms with van der Waals surface area (Å²) in [4.78, 5) is 23.5. The van der Waals surface area contributed by atoms with Crippen LogP contribution in [0.3, 0.4) is 0 Å². The Labute approximate surface area is 122 Å². The first kappa shape index (κ1) is 14.7. The lowest BCUT2D eigenvalue weighted by molar-refractivity contribution is -0.145. The molecule has 0 radical (unpaired) electrons. The second-order valence-electron chi connectivity index (χ2n) is 4.75. The Morgan fingerprint density at radius 2 is 2.05 bits per heavy atom. The van der Waals surface area contributed by atoms with E-state index in [4.69, 9.17) is 16.3 Å². The number of esters is 1. The second-order valence-corrected chi connectivity index (χ2v) is 5.15. The number of rotatable bonds is 3. The van der Waals surface area contributed by atoms with Crippen molar-refractivity contribution in [1.29, 1.82) is 0 Å². The number of methoxy groups -OCH3 is 1. The number of hydrogen-bond acceptors (Lipinski definition) is 3. The number of anilines is 1. The number of halogens is 1. The molecule has 1 fully saturated rings. The number of nitrogens with one attached hydrogen (secondary N) is 2. The molecule has 0 aliphatic heterocycles. The topological polar surface area (TPSA) is 67.4 Å². The minimum absolute atomic E-state index is 0.190. The Morgan fingerprint density at radius 3 is 2.75 bits per heavy atom. The van der Waals surface area contributed by atoms with Gasteiger partial charge in [0.1, 0.15) is 0 Å². The molecule has 1 aliphatic carbocycles. The largest absolute Gasteiger partial charge is 0.469 e. The predicted octanol–water partition coefficient (Wildman–Crippen LogP) is 2.80. The molecule has 0 bridgehead atoms. The van der Waals surface area contributed by atoms with Crippen molar-refractivity contribution in [3.63, 3.8) is 0 Å². The summed E-state index contributed by atoms with van der Waals surface area (Å²) in [5.41, 5.74) is 0.541. The Balaban J connectivity index is 1.94. The highest BCUT2D eigenvalue weighted by molar-refractivity contribution is 6.33. The van der Waals surface area contributed by atoms with E-state index in [1.807, 2.05) is 0 Å². The first-order chi connectivity index (χ1) is 9.61. The van der Waals surface area contributed by atoms with Crippen LogP contribution >= 0.6 is 11.6 Å². The molecular formula is C14H17ClN2O3. The average molecular weight is 297 g/mol. The van der Waals surface area contributed by atoms with Crippen molar-refractivity contribution in [3.05, 3.63) is 29.3 Å². The van der Waals surface area contributed by atoms with Crippen LogP contribution in [0.2, 0.25) is 5.02 Å². The van der Waals surface area contributed by atoms with Crippen molar-refractivity contribution in [2.24, 2.45) is 5.92 Å². The van der Waals surface area contributed by atoms with Crippen LogP contribution in [0.25, 0.3) is 0 Å². The van der Waals surface area contributed by atoms with Gasteiger partial charge < -0.3 is 15.4 Å². The standard InChI is InChI=1S/C14H17ClN2O3/c1-20-13(18)9-5-4-8-11(9)16-14(19)17-12-7-3-2-6-10(12)15/h2-3,6-7,9,11H,4-5,8H2,1H3,(H2,16,17,19)/t9-,11+/m1/s1. The van der Waals surface area contributed by atoms with Crippen molar-refractivity contribution >= 4 is 29.3 Å². The van der Waals surface area contributed by atoms with Crippen molar-refractivity contribution in [3.8, 4) is 0 Å². The van der Waals surface area contributed by atoms with Gasteiger partial charge in [0.15, 0.2) is 0 Å². The quantitative estimate of drug-likeness (QED) is 0.843. The van der Waals surface area contributed by atoms with Gasteiger partial charge in [-0.05, 0) is 25.0 Å². The van der Waals surface area contributed by atoms with E-state index >= 15 is 0 Å². The summed E-state index contributed by atoms with van der Waals surface area (Å²) >= 11 is 5.97. The van der Waals surface area contributed by atoms with Gasteiger partial charge in [0, 0.05) is 6.04 Å². The predicted molar refractivity (Wildman–Crippen MR) is 76.8 cm³/mol. The van der Waals surface area contributed by atoms with Crippen LogP contribution in [0.5, 0.6) is 0 Å². The minimum Gasteiger partial charge on any atom is -0.469 e. The highest BCUT2D eigenvalue weighted by Gasteiger charge is 2.34. The Hall–Kier alpha value is -1.75. The molecule has 0 unspecified atom stereocenters. The third kappa shape index (κ3) is 3.42. The van der Waals surface area contributed by atoms with E-state index in [2.05, 4.69) is 10.6 Å². The first-order valence-electron chi connectivity index (χ1n) is 6.51. The number of para-hydroxylation sites is 1. The summed E-state index contributed by atoms with van der Waals surface area (Å²) in [5.74, 6) is -0.539. The van der Waals surface area contributed by atoms with Crippen LogP contribution in [0, 0.1) is 5.92 Å². The van der Waals surface area contributed by atoms with Gasteiger partial charge in [-0.25, -0.2) is 4.79 Å². The smallest absolute Gasteiger partial charge is 0.319 e.